The average Bonchev–Trinajstić information content (AvgIpc) is 3.44. The normalized spacial score (nSPS) is 38.6. The predicted molar refractivity (Wildman–Crippen MR) is 146 cm³/mol. The van der Waals surface area contributed by atoms with Gasteiger partial charge in [0.25, 0.3) is 0 Å². The fourth-order valence-corrected chi connectivity index (χ4v) is 9.39. The number of aromatic nitrogens is 3. The zero-order valence-electron chi connectivity index (χ0n) is 23.8. The van der Waals surface area contributed by atoms with E-state index in [2.05, 4.69) is 35.7 Å². The van der Waals surface area contributed by atoms with E-state index >= 15 is 0 Å². The van der Waals surface area contributed by atoms with E-state index in [9.17, 15) is 4.79 Å². The molecule has 0 spiro atoms. The van der Waals surface area contributed by atoms with Gasteiger partial charge in [0.1, 0.15) is 23.3 Å². The lowest BCUT2D eigenvalue weighted by atomic mass is 9.44. The molecule has 4 fully saturated rings. The van der Waals surface area contributed by atoms with Crippen molar-refractivity contribution in [3.05, 3.63) is 18.2 Å². The van der Waals surface area contributed by atoms with E-state index in [4.69, 9.17) is 4.74 Å². The molecule has 204 valence electrons. The number of nitrogens with zero attached hydrogens (tertiary/aromatic N) is 3. The van der Waals surface area contributed by atoms with Crippen LogP contribution in [-0.4, -0.2) is 42.1 Å². The van der Waals surface area contributed by atoms with Crippen LogP contribution in [0, 0.1) is 46.3 Å². The van der Waals surface area contributed by atoms with Crippen molar-refractivity contribution < 1.29 is 14.3 Å². The molecule has 6 rings (SSSR count). The number of benzene rings is 1. The summed E-state index contributed by atoms with van der Waals surface area (Å²) >= 11 is 0. The van der Waals surface area contributed by atoms with Gasteiger partial charge in [-0.1, -0.05) is 27.2 Å². The van der Waals surface area contributed by atoms with Crippen LogP contribution in [0.4, 0.5) is 0 Å². The van der Waals surface area contributed by atoms with Crippen LogP contribution in [0.3, 0.4) is 0 Å². The van der Waals surface area contributed by atoms with Crippen molar-refractivity contribution in [2.45, 2.75) is 85.1 Å². The molecule has 0 amide bonds. The standard InChI is InChI=1S/C29H41N3O2.C2H6O/c1-18-11-13-28(2)19(15-18)5-7-21-22-8-9-24(29(22,3)14-12-23(21)28)27(33)17-32-30-25-10-6-20(34-4)16-26(25)31-32;1-3-2/h6,10,16,18-19,21-24H,5,7-9,11-15,17H2,1-4H3;1-2H3/t18?,19?,21-,22?,23?,24?,28?,29?;/m0./s1. The maximum atomic E-state index is 13.6. The summed E-state index contributed by atoms with van der Waals surface area (Å²) in [4.78, 5) is 15.3. The molecule has 0 radical (unpaired) electrons. The van der Waals surface area contributed by atoms with Gasteiger partial charge in [0.15, 0.2) is 5.78 Å². The highest BCUT2D eigenvalue weighted by atomic mass is 16.5. The molecule has 0 aliphatic heterocycles. The second-order valence-corrected chi connectivity index (χ2v) is 13.2. The number of hydrogen-bond acceptors (Lipinski definition) is 5. The summed E-state index contributed by atoms with van der Waals surface area (Å²) in [6, 6.07) is 5.70. The quantitative estimate of drug-likeness (QED) is 0.466. The smallest absolute Gasteiger partial charge is 0.159 e. The molecule has 4 aliphatic carbocycles. The molecule has 1 aromatic carbocycles. The number of ether oxygens (including phenoxy) is 2. The Hall–Kier alpha value is -1.95. The number of carbonyl (C=O) groups excluding carboxylic acids is 1. The third-order valence-corrected chi connectivity index (χ3v) is 11.2. The molecule has 4 saturated carbocycles. The minimum atomic E-state index is 0.152. The fourth-order valence-electron chi connectivity index (χ4n) is 9.39. The van der Waals surface area contributed by atoms with Gasteiger partial charge in [0.05, 0.1) is 7.11 Å². The molecule has 6 nitrogen and oxygen atoms in total. The molecule has 6 heteroatoms. The number of hydrogen-bond donors (Lipinski definition) is 0. The van der Waals surface area contributed by atoms with Crippen LogP contribution in [0.1, 0.15) is 78.6 Å². The summed E-state index contributed by atoms with van der Waals surface area (Å²) in [5.74, 6) is 5.50. The van der Waals surface area contributed by atoms with Crippen LogP contribution >= 0.6 is 0 Å². The van der Waals surface area contributed by atoms with E-state index in [1.165, 1.54) is 51.4 Å². The molecule has 37 heavy (non-hydrogen) atoms. The third kappa shape index (κ3) is 4.62. The van der Waals surface area contributed by atoms with Gasteiger partial charge < -0.3 is 9.47 Å². The summed E-state index contributed by atoms with van der Waals surface area (Å²) in [6.45, 7) is 7.85. The predicted octanol–water partition coefficient (Wildman–Crippen LogP) is 6.57. The highest BCUT2D eigenvalue weighted by Crippen LogP contribution is 2.67. The molecule has 4 aliphatic rings. The van der Waals surface area contributed by atoms with E-state index in [-0.39, 0.29) is 17.9 Å². The van der Waals surface area contributed by atoms with E-state index in [0.717, 1.165) is 46.9 Å². The minimum Gasteiger partial charge on any atom is -0.497 e. The molecular formula is C31H47N3O3. The summed E-state index contributed by atoms with van der Waals surface area (Å²) in [6.07, 6.45) is 11.9. The Balaban J connectivity index is 0.000000892. The lowest BCUT2D eigenvalue weighted by Crippen LogP contribution is -2.53. The number of fused-ring (bicyclic) bond motifs is 6. The second kappa shape index (κ2) is 10.3. The maximum Gasteiger partial charge on any atom is 0.159 e. The van der Waals surface area contributed by atoms with Crippen LogP contribution in [-0.2, 0) is 16.1 Å². The first-order valence-corrected chi connectivity index (χ1v) is 14.5. The average molecular weight is 510 g/mol. The first-order chi connectivity index (χ1) is 17.7. The van der Waals surface area contributed by atoms with Gasteiger partial charge >= 0.3 is 0 Å². The summed E-state index contributed by atoms with van der Waals surface area (Å²) in [5.41, 5.74) is 2.30. The molecule has 0 N–H and O–H groups in total. The maximum absolute atomic E-state index is 13.6. The van der Waals surface area contributed by atoms with Gasteiger partial charge in [-0.2, -0.15) is 15.0 Å². The minimum absolute atomic E-state index is 0.152. The summed E-state index contributed by atoms with van der Waals surface area (Å²) in [7, 11) is 4.91. The zero-order valence-corrected chi connectivity index (χ0v) is 23.8. The Morgan fingerprint density at radius 2 is 1.65 bits per heavy atom. The van der Waals surface area contributed by atoms with Crippen molar-refractivity contribution in [3.63, 3.8) is 0 Å². The van der Waals surface area contributed by atoms with E-state index in [1.807, 2.05) is 18.2 Å². The van der Waals surface area contributed by atoms with Crippen LogP contribution < -0.4 is 4.74 Å². The number of ketones is 1. The Bertz CT molecular complexity index is 1110. The fraction of sp³-hybridized carbons (Fsp3) is 0.774. The van der Waals surface area contributed by atoms with Crippen molar-refractivity contribution >= 4 is 16.8 Å². The van der Waals surface area contributed by atoms with Crippen molar-refractivity contribution in [2.24, 2.45) is 46.3 Å². The highest BCUT2D eigenvalue weighted by molar-refractivity contribution is 5.82. The van der Waals surface area contributed by atoms with E-state index < -0.39 is 0 Å². The van der Waals surface area contributed by atoms with Crippen LogP contribution in [0.25, 0.3) is 11.0 Å². The van der Waals surface area contributed by atoms with Gasteiger partial charge in [0.2, 0.25) is 0 Å². The lowest BCUT2D eigenvalue weighted by Gasteiger charge is -2.61. The Morgan fingerprint density at radius 1 is 0.946 bits per heavy atom. The summed E-state index contributed by atoms with van der Waals surface area (Å²) < 4.78 is 9.56. The molecule has 8 atom stereocenters. The monoisotopic (exact) mass is 509 g/mol. The zero-order chi connectivity index (χ0) is 26.4. The third-order valence-electron chi connectivity index (χ3n) is 11.2. The number of methoxy groups -OCH3 is 2. The largest absolute Gasteiger partial charge is 0.497 e. The highest BCUT2D eigenvalue weighted by Gasteiger charge is 2.60. The Kier molecular flexibility index (Phi) is 7.43. The van der Waals surface area contributed by atoms with Crippen LogP contribution in [0.2, 0.25) is 0 Å². The van der Waals surface area contributed by atoms with Gasteiger partial charge in [-0.15, -0.1) is 0 Å². The molecule has 1 aromatic heterocycles. The second-order valence-electron chi connectivity index (χ2n) is 13.2. The lowest BCUT2D eigenvalue weighted by molar-refractivity contribution is -0.137. The molecule has 7 unspecified atom stereocenters. The van der Waals surface area contributed by atoms with Gasteiger partial charge in [-0.3, -0.25) is 4.79 Å². The van der Waals surface area contributed by atoms with Crippen molar-refractivity contribution in [1.82, 2.24) is 15.0 Å². The van der Waals surface area contributed by atoms with Gasteiger partial charge in [0, 0.05) is 26.2 Å². The van der Waals surface area contributed by atoms with E-state index in [0.29, 0.717) is 17.1 Å². The number of Topliss-reactive ketones (excluding diaryl/α,β-unsaturated/α-hetero) is 1. The molecule has 0 bridgehead atoms. The molecule has 1 heterocycles. The van der Waals surface area contributed by atoms with Crippen molar-refractivity contribution in [2.75, 3.05) is 21.3 Å². The molecular weight excluding hydrogens is 462 g/mol. The Labute approximate surface area is 222 Å². The first kappa shape index (κ1) is 26.6. The number of rotatable bonds is 4. The SMILES string of the molecule is COC.COc1ccc2nn(CC(=O)C3CCC4[C@@H]5CCC6CC(C)CCC6(C)C5CCC34C)nc2c1. The summed E-state index contributed by atoms with van der Waals surface area (Å²) in [5, 5.41) is 9.17. The van der Waals surface area contributed by atoms with Gasteiger partial charge in [-0.05, 0) is 104 Å². The molecule has 2 aromatic rings. The van der Waals surface area contributed by atoms with Gasteiger partial charge in [-0.25, -0.2) is 0 Å². The number of carbonyl (C=O) groups is 1. The topological polar surface area (TPSA) is 66.2 Å². The van der Waals surface area contributed by atoms with Crippen LogP contribution in [0.15, 0.2) is 18.2 Å². The van der Waals surface area contributed by atoms with Crippen molar-refractivity contribution in [3.8, 4) is 5.75 Å². The first-order valence-electron chi connectivity index (χ1n) is 14.5. The Morgan fingerprint density at radius 3 is 2.41 bits per heavy atom. The van der Waals surface area contributed by atoms with Crippen LogP contribution in [0.5, 0.6) is 5.75 Å². The van der Waals surface area contributed by atoms with E-state index in [1.54, 1.807) is 26.1 Å². The molecule has 0 saturated heterocycles. The van der Waals surface area contributed by atoms with Crippen molar-refractivity contribution in [1.29, 1.82) is 0 Å².